The van der Waals surface area contributed by atoms with Gasteiger partial charge in [-0.2, -0.15) is 0 Å². The second-order valence-corrected chi connectivity index (χ2v) is 5.24. The minimum absolute atomic E-state index is 0.0187. The van der Waals surface area contributed by atoms with Crippen LogP contribution in [0.25, 0.3) is 0 Å². The van der Waals surface area contributed by atoms with Gasteiger partial charge in [-0.25, -0.2) is 0 Å². The number of nitrogens with one attached hydrogen (secondary N) is 1. The van der Waals surface area contributed by atoms with Gasteiger partial charge in [-0.3, -0.25) is 4.79 Å². The van der Waals surface area contributed by atoms with Crippen LogP contribution in [-0.2, 0) is 4.79 Å². The second-order valence-electron chi connectivity index (χ2n) is 5.24. The summed E-state index contributed by atoms with van der Waals surface area (Å²) in [6.07, 6.45) is 1.87. The Kier molecular flexibility index (Phi) is 7.44. The summed E-state index contributed by atoms with van der Waals surface area (Å²) in [5, 5.41) is 14.9. The fourth-order valence-electron chi connectivity index (χ4n) is 2.03. The zero-order valence-corrected chi connectivity index (χ0v) is 12.7. The van der Waals surface area contributed by atoms with E-state index in [4.69, 9.17) is 10.9 Å². The Bertz CT molecular complexity index is 312. The molecule has 0 spiro atoms. The standard InChI is InChI=1S/C13H28N4O2/c1-6-13(7-2,11(14)16-19)12(18)15-10(3)8-9-17(4)5/h10,19H,6-9H2,1-5H3,(H2,14,16)(H,15,18). The van der Waals surface area contributed by atoms with Gasteiger partial charge in [-0.1, -0.05) is 19.0 Å². The summed E-state index contributed by atoms with van der Waals surface area (Å²) in [7, 11) is 3.99. The zero-order valence-electron chi connectivity index (χ0n) is 12.7. The molecule has 0 radical (unpaired) electrons. The molecule has 1 unspecified atom stereocenters. The first-order chi connectivity index (χ1) is 8.83. The lowest BCUT2D eigenvalue weighted by molar-refractivity contribution is -0.128. The van der Waals surface area contributed by atoms with E-state index < -0.39 is 5.41 Å². The Balaban J connectivity index is 4.75. The normalized spacial score (nSPS) is 14.5. The van der Waals surface area contributed by atoms with Crippen LogP contribution >= 0.6 is 0 Å². The van der Waals surface area contributed by atoms with E-state index in [1.165, 1.54) is 0 Å². The van der Waals surface area contributed by atoms with Gasteiger partial charge in [0.15, 0.2) is 5.84 Å². The molecule has 0 saturated carbocycles. The third kappa shape index (κ3) is 4.70. The highest BCUT2D eigenvalue weighted by Crippen LogP contribution is 2.27. The third-order valence-electron chi connectivity index (χ3n) is 3.63. The van der Waals surface area contributed by atoms with E-state index in [2.05, 4.69) is 15.4 Å². The Morgan fingerprint density at radius 2 is 1.95 bits per heavy atom. The Hall–Kier alpha value is -1.30. The lowest BCUT2D eigenvalue weighted by Crippen LogP contribution is -2.51. The molecule has 112 valence electrons. The van der Waals surface area contributed by atoms with E-state index in [1.807, 2.05) is 34.9 Å². The fraction of sp³-hybridized carbons (Fsp3) is 0.846. The number of hydrogen-bond donors (Lipinski definition) is 3. The monoisotopic (exact) mass is 272 g/mol. The van der Waals surface area contributed by atoms with Crippen LogP contribution in [0, 0.1) is 5.41 Å². The van der Waals surface area contributed by atoms with E-state index in [1.54, 1.807) is 0 Å². The summed E-state index contributed by atoms with van der Waals surface area (Å²) < 4.78 is 0. The van der Waals surface area contributed by atoms with Crippen molar-refractivity contribution < 1.29 is 10.0 Å². The van der Waals surface area contributed by atoms with Crippen molar-refractivity contribution >= 4 is 11.7 Å². The molecule has 0 aliphatic heterocycles. The summed E-state index contributed by atoms with van der Waals surface area (Å²) in [5.41, 5.74) is 4.79. The number of amidine groups is 1. The molecule has 19 heavy (non-hydrogen) atoms. The quantitative estimate of drug-likeness (QED) is 0.266. The van der Waals surface area contributed by atoms with E-state index in [0.717, 1.165) is 13.0 Å². The Labute approximate surface area is 116 Å². The smallest absolute Gasteiger partial charge is 0.234 e. The van der Waals surface area contributed by atoms with Crippen molar-refractivity contribution in [1.29, 1.82) is 0 Å². The number of nitrogens with zero attached hydrogens (tertiary/aromatic N) is 2. The molecule has 0 saturated heterocycles. The van der Waals surface area contributed by atoms with Gasteiger partial charge in [0.2, 0.25) is 5.91 Å². The first kappa shape index (κ1) is 17.7. The van der Waals surface area contributed by atoms with Crippen molar-refractivity contribution in [2.45, 2.75) is 46.1 Å². The maximum atomic E-state index is 12.4. The van der Waals surface area contributed by atoms with E-state index >= 15 is 0 Å². The van der Waals surface area contributed by atoms with Gasteiger partial charge < -0.3 is 21.2 Å². The van der Waals surface area contributed by atoms with Crippen LogP contribution < -0.4 is 11.1 Å². The number of oxime groups is 1. The van der Waals surface area contributed by atoms with Crippen LogP contribution in [-0.4, -0.2) is 48.5 Å². The average Bonchev–Trinajstić information content (AvgIpc) is 2.38. The molecule has 0 aliphatic carbocycles. The Morgan fingerprint density at radius 3 is 2.32 bits per heavy atom. The number of carbonyl (C=O) groups excluding carboxylic acids is 1. The van der Waals surface area contributed by atoms with Crippen LogP contribution in [0.4, 0.5) is 0 Å². The SMILES string of the molecule is CCC(CC)(C(=O)NC(C)CCN(C)C)C(N)=NO. The van der Waals surface area contributed by atoms with Crippen molar-refractivity contribution in [2.24, 2.45) is 16.3 Å². The maximum Gasteiger partial charge on any atom is 0.234 e. The van der Waals surface area contributed by atoms with Crippen LogP contribution in [0.3, 0.4) is 0 Å². The van der Waals surface area contributed by atoms with Crippen LogP contribution in [0.2, 0.25) is 0 Å². The Morgan fingerprint density at radius 1 is 1.42 bits per heavy atom. The van der Waals surface area contributed by atoms with Crippen molar-refractivity contribution in [3.8, 4) is 0 Å². The van der Waals surface area contributed by atoms with Crippen molar-refractivity contribution in [3.63, 3.8) is 0 Å². The molecule has 0 aromatic heterocycles. The van der Waals surface area contributed by atoms with Gasteiger partial charge in [0.1, 0.15) is 5.41 Å². The summed E-state index contributed by atoms with van der Waals surface area (Å²) >= 11 is 0. The summed E-state index contributed by atoms with van der Waals surface area (Å²) in [5.74, 6) is -0.186. The molecule has 0 aliphatic rings. The molecule has 0 aromatic rings. The molecule has 4 N–H and O–H groups in total. The molecule has 1 amide bonds. The first-order valence-electron chi connectivity index (χ1n) is 6.77. The highest BCUT2D eigenvalue weighted by molar-refractivity contribution is 6.06. The topological polar surface area (TPSA) is 91.0 Å². The second kappa shape index (κ2) is 7.99. The van der Waals surface area contributed by atoms with Gasteiger partial charge in [0.05, 0.1) is 0 Å². The largest absolute Gasteiger partial charge is 0.409 e. The number of nitrogens with two attached hydrogens (primary N) is 1. The van der Waals surface area contributed by atoms with Crippen molar-refractivity contribution in [3.05, 3.63) is 0 Å². The molecular formula is C13H28N4O2. The van der Waals surface area contributed by atoms with E-state index in [-0.39, 0.29) is 17.8 Å². The minimum Gasteiger partial charge on any atom is -0.409 e. The molecule has 1 atom stereocenters. The molecule has 0 rings (SSSR count). The predicted octanol–water partition coefficient (Wildman–Crippen LogP) is 0.996. The van der Waals surface area contributed by atoms with E-state index in [9.17, 15) is 4.79 Å². The number of rotatable bonds is 8. The van der Waals surface area contributed by atoms with Crippen LogP contribution in [0.1, 0.15) is 40.0 Å². The van der Waals surface area contributed by atoms with Crippen molar-refractivity contribution in [2.75, 3.05) is 20.6 Å². The molecule has 6 nitrogen and oxygen atoms in total. The molecule has 6 heteroatoms. The van der Waals surface area contributed by atoms with Crippen molar-refractivity contribution in [1.82, 2.24) is 10.2 Å². The maximum absolute atomic E-state index is 12.4. The van der Waals surface area contributed by atoms with Gasteiger partial charge in [0, 0.05) is 6.04 Å². The molecular weight excluding hydrogens is 244 g/mol. The summed E-state index contributed by atoms with van der Waals surface area (Å²) in [6, 6.07) is 0.0545. The number of amides is 1. The minimum atomic E-state index is -0.916. The predicted molar refractivity (Wildman–Crippen MR) is 77.2 cm³/mol. The highest BCUT2D eigenvalue weighted by Gasteiger charge is 2.40. The molecule has 0 heterocycles. The number of hydrogen-bond acceptors (Lipinski definition) is 4. The lowest BCUT2D eigenvalue weighted by Gasteiger charge is -2.30. The number of carbonyl (C=O) groups is 1. The lowest BCUT2D eigenvalue weighted by atomic mass is 9.80. The zero-order chi connectivity index (χ0) is 15.1. The van der Waals surface area contributed by atoms with Gasteiger partial charge in [0.25, 0.3) is 0 Å². The van der Waals surface area contributed by atoms with Gasteiger partial charge >= 0.3 is 0 Å². The van der Waals surface area contributed by atoms with Gasteiger partial charge in [-0.05, 0) is 46.8 Å². The average molecular weight is 272 g/mol. The van der Waals surface area contributed by atoms with Crippen LogP contribution in [0.5, 0.6) is 0 Å². The summed E-state index contributed by atoms with van der Waals surface area (Å²) in [4.78, 5) is 14.5. The fourth-order valence-corrected chi connectivity index (χ4v) is 2.03. The summed E-state index contributed by atoms with van der Waals surface area (Å²) in [6.45, 7) is 6.59. The third-order valence-corrected chi connectivity index (χ3v) is 3.63. The molecule has 0 aromatic carbocycles. The molecule has 0 bridgehead atoms. The highest BCUT2D eigenvalue weighted by atomic mass is 16.4. The van der Waals surface area contributed by atoms with E-state index in [0.29, 0.717) is 12.8 Å². The first-order valence-corrected chi connectivity index (χ1v) is 6.77. The van der Waals surface area contributed by atoms with Crippen LogP contribution in [0.15, 0.2) is 5.16 Å². The van der Waals surface area contributed by atoms with Gasteiger partial charge in [-0.15, -0.1) is 0 Å². The molecule has 0 fully saturated rings.